The number of cyclic esters (lactones) is 1. The number of carbonyl (C=O) groups excluding carboxylic acids is 1. The van der Waals surface area contributed by atoms with Crippen molar-refractivity contribution in [2.75, 3.05) is 0 Å². The van der Waals surface area contributed by atoms with Crippen molar-refractivity contribution >= 4 is 32.7 Å². The third-order valence-electron chi connectivity index (χ3n) is 9.94. The summed E-state index contributed by atoms with van der Waals surface area (Å²) in [6.07, 6.45) is 15.9. The molecule has 0 aromatic carbocycles. The zero-order valence-electron chi connectivity index (χ0n) is 28.4. The SMILES string of the molecule is C=CCC[C@@H](O[Si](C(C)C)(C(C)C)C(C)C)[C@H](C)[C@@H]1C[C@@H](/C=[CH]/[Sn]([CH2]CCC)([CH2]CCC)[CH2]CCC)CC(=O)O1. The minimum absolute atomic E-state index is 0.0169. The first-order valence-corrected chi connectivity index (χ1v) is 26.9. The topological polar surface area (TPSA) is 35.5 Å². The molecule has 1 rings (SSSR count). The van der Waals surface area contributed by atoms with Crippen LogP contribution in [0.15, 0.2) is 22.8 Å². The van der Waals surface area contributed by atoms with Gasteiger partial charge in [-0.2, -0.15) is 0 Å². The summed E-state index contributed by atoms with van der Waals surface area (Å²) in [7, 11) is -2.06. The molecule has 0 spiro atoms. The van der Waals surface area contributed by atoms with E-state index in [0.29, 0.717) is 29.0 Å². The Balaban J connectivity index is 3.26. The molecular weight excluding hydrogens is 615 g/mol. The fourth-order valence-corrected chi connectivity index (χ4v) is 27.7. The first-order valence-electron chi connectivity index (χ1n) is 17.1. The molecule has 4 atom stereocenters. The molecule has 0 aromatic heterocycles. The molecule has 0 N–H and O–H groups in total. The molecule has 1 fully saturated rings. The van der Waals surface area contributed by atoms with Gasteiger partial charge in [0.2, 0.25) is 0 Å². The minimum atomic E-state index is -2.39. The summed E-state index contributed by atoms with van der Waals surface area (Å²) in [5.74, 6) is 0.463. The van der Waals surface area contributed by atoms with Crippen molar-refractivity contribution in [1.29, 1.82) is 0 Å². The zero-order chi connectivity index (χ0) is 30.3. The Hall–Kier alpha value is -0.0744. The van der Waals surface area contributed by atoms with Crippen LogP contribution in [0.3, 0.4) is 0 Å². The molecule has 0 amide bonds. The molecule has 40 heavy (non-hydrogen) atoms. The van der Waals surface area contributed by atoms with E-state index in [1.54, 1.807) is 0 Å². The van der Waals surface area contributed by atoms with Gasteiger partial charge < -0.3 is 0 Å². The Kier molecular flexibility index (Phi) is 18.3. The summed E-state index contributed by atoms with van der Waals surface area (Å²) in [6, 6.07) is 0. The molecule has 0 unspecified atom stereocenters. The van der Waals surface area contributed by atoms with Gasteiger partial charge in [0.1, 0.15) is 0 Å². The number of rotatable bonds is 21. The van der Waals surface area contributed by atoms with Gasteiger partial charge in [0.25, 0.3) is 0 Å². The van der Waals surface area contributed by atoms with Crippen molar-refractivity contribution in [2.24, 2.45) is 11.8 Å². The number of allylic oxidation sites excluding steroid dienone is 2. The van der Waals surface area contributed by atoms with E-state index in [-0.39, 0.29) is 24.1 Å². The van der Waals surface area contributed by atoms with E-state index >= 15 is 0 Å². The van der Waals surface area contributed by atoms with Crippen LogP contribution >= 0.6 is 0 Å². The van der Waals surface area contributed by atoms with Crippen molar-refractivity contribution in [2.45, 2.75) is 176 Å². The van der Waals surface area contributed by atoms with Gasteiger partial charge in [-0.15, -0.1) is 0 Å². The first-order chi connectivity index (χ1) is 18.9. The monoisotopic (exact) mass is 684 g/mol. The Morgan fingerprint density at radius 3 is 1.85 bits per heavy atom. The molecule has 1 heterocycles. The van der Waals surface area contributed by atoms with E-state index in [0.717, 1.165) is 19.3 Å². The van der Waals surface area contributed by atoms with Gasteiger partial charge >= 0.3 is 257 Å². The molecule has 0 bridgehead atoms. The second kappa shape index (κ2) is 19.3. The van der Waals surface area contributed by atoms with Gasteiger partial charge in [-0.1, -0.05) is 0 Å². The standard InChI is InChI=1S/C23H41O3Si.3C4H9.Sn/c1-10-12-13-21(26-27(16(3)4,17(5)6)18(7)8)19(9)22-14-20(11-2)15-23(24)25-22;3*1-3-4-2;/h2,10-11,16-22H,1,12-15H2,3-9H3;3*1,3-4H2,2H3;/t19-,20+,21+,22-;;;;/m0..../s1. The molecule has 0 saturated carbocycles. The molecule has 234 valence electrons. The summed E-state index contributed by atoms with van der Waals surface area (Å²) < 4.78 is 20.7. The van der Waals surface area contributed by atoms with Crippen LogP contribution in [0.5, 0.6) is 0 Å². The molecular formula is C35H68O3SiSn. The summed E-state index contributed by atoms with van der Waals surface area (Å²) >= 11 is -2.39. The molecule has 3 nitrogen and oxygen atoms in total. The summed E-state index contributed by atoms with van der Waals surface area (Å²) in [5.41, 5.74) is 1.60. The number of esters is 1. The number of hydrogen-bond acceptors (Lipinski definition) is 3. The second-order valence-electron chi connectivity index (χ2n) is 14.0. The third kappa shape index (κ3) is 11.2. The first kappa shape index (κ1) is 38.0. The molecule has 0 aliphatic carbocycles. The van der Waals surface area contributed by atoms with Gasteiger partial charge in [-0.05, 0) is 0 Å². The summed E-state index contributed by atoms with van der Waals surface area (Å²) in [6.45, 7) is 27.4. The number of ether oxygens (including phenoxy) is 1. The maximum absolute atomic E-state index is 13.0. The average molecular weight is 684 g/mol. The van der Waals surface area contributed by atoms with E-state index in [9.17, 15) is 4.79 Å². The van der Waals surface area contributed by atoms with E-state index in [4.69, 9.17) is 9.16 Å². The normalized spacial score (nSPS) is 20.5. The quantitative estimate of drug-likeness (QED) is 0.0686. The van der Waals surface area contributed by atoms with E-state index in [2.05, 4.69) is 86.0 Å². The maximum atomic E-state index is 13.0. The van der Waals surface area contributed by atoms with E-state index in [1.165, 1.54) is 51.8 Å². The van der Waals surface area contributed by atoms with Crippen molar-refractivity contribution in [3.8, 4) is 0 Å². The van der Waals surface area contributed by atoms with E-state index < -0.39 is 26.7 Å². The van der Waals surface area contributed by atoms with Crippen LogP contribution in [-0.4, -0.2) is 44.9 Å². The predicted octanol–water partition coefficient (Wildman–Crippen LogP) is 11.4. The van der Waals surface area contributed by atoms with Crippen LogP contribution in [0.1, 0.15) is 133 Å². The molecule has 0 radical (unpaired) electrons. The number of carbonyl (C=O) groups is 1. The molecule has 1 aliphatic rings. The predicted molar refractivity (Wildman–Crippen MR) is 181 cm³/mol. The van der Waals surface area contributed by atoms with Gasteiger partial charge in [0.05, 0.1) is 0 Å². The van der Waals surface area contributed by atoms with Gasteiger partial charge in [-0.25, -0.2) is 0 Å². The Bertz CT molecular complexity index is 703. The number of hydrogen-bond donors (Lipinski definition) is 0. The van der Waals surface area contributed by atoms with Crippen molar-refractivity contribution in [3.05, 3.63) is 22.8 Å². The van der Waals surface area contributed by atoms with Crippen LogP contribution in [-0.2, 0) is 14.0 Å². The average Bonchev–Trinajstić information content (AvgIpc) is 2.91. The zero-order valence-corrected chi connectivity index (χ0v) is 32.3. The van der Waals surface area contributed by atoms with Gasteiger partial charge in [0.15, 0.2) is 0 Å². The van der Waals surface area contributed by atoms with Gasteiger partial charge in [-0.3, -0.25) is 0 Å². The fraction of sp³-hybridized carbons (Fsp3) is 0.857. The van der Waals surface area contributed by atoms with Crippen LogP contribution < -0.4 is 0 Å². The second-order valence-corrected chi connectivity index (χ2v) is 32.4. The molecule has 1 saturated heterocycles. The molecule has 0 aromatic rings. The van der Waals surface area contributed by atoms with Crippen LogP contribution in [0.4, 0.5) is 0 Å². The van der Waals surface area contributed by atoms with Crippen LogP contribution in [0, 0.1) is 11.8 Å². The summed E-state index contributed by atoms with van der Waals surface area (Å²) in [4.78, 5) is 13.0. The molecule has 1 aliphatic heterocycles. The van der Waals surface area contributed by atoms with Gasteiger partial charge in [0, 0.05) is 0 Å². The van der Waals surface area contributed by atoms with Crippen molar-refractivity contribution < 1.29 is 14.0 Å². The fourth-order valence-electron chi connectivity index (χ4n) is 7.50. The van der Waals surface area contributed by atoms with Crippen LogP contribution in [0.25, 0.3) is 0 Å². The Morgan fingerprint density at radius 1 is 0.925 bits per heavy atom. The Morgan fingerprint density at radius 2 is 1.43 bits per heavy atom. The Labute approximate surface area is 255 Å². The summed E-state index contributed by atoms with van der Waals surface area (Å²) in [5, 5.41) is 0. The number of unbranched alkanes of at least 4 members (excludes halogenated alkanes) is 3. The van der Waals surface area contributed by atoms with Crippen LogP contribution in [0.2, 0.25) is 29.9 Å². The third-order valence-corrected chi connectivity index (χ3v) is 30.2. The van der Waals surface area contributed by atoms with Crippen molar-refractivity contribution in [3.63, 3.8) is 0 Å². The van der Waals surface area contributed by atoms with E-state index in [1.807, 2.05) is 6.08 Å². The van der Waals surface area contributed by atoms with Crippen molar-refractivity contribution in [1.82, 2.24) is 0 Å². The molecule has 5 heteroatoms.